The van der Waals surface area contributed by atoms with Crippen molar-refractivity contribution >= 4 is 17.4 Å². The fraction of sp³-hybridized carbons (Fsp3) is 0.556. The number of phenolic OH excluding ortho intramolecular Hbond substituents is 1. The van der Waals surface area contributed by atoms with Crippen molar-refractivity contribution in [2.75, 3.05) is 7.11 Å². The van der Waals surface area contributed by atoms with Gasteiger partial charge in [-0.3, -0.25) is 14.9 Å². The van der Waals surface area contributed by atoms with Crippen molar-refractivity contribution in [3.8, 4) is 11.5 Å². The van der Waals surface area contributed by atoms with Gasteiger partial charge in [-0.25, -0.2) is 4.79 Å². The standard InChI is InChI=1S/C27H34N2O7/c1-15-22(26(32)36-17-9-7-5-6-8-10-17)23(24-18(28-15)13-27(2,3)14-20(24)30)16-11-19(29(33)34)25(31)21(12-16)35-4/h11-12,17,23,28,31H,5-10,13-14H2,1-4H3. The van der Waals surface area contributed by atoms with Gasteiger partial charge in [0.05, 0.1) is 17.6 Å². The Morgan fingerprint density at radius 1 is 1.17 bits per heavy atom. The normalized spacial score (nSPS) is 22.4. The first kappa shape index (κ1) is 25.7. The Morgan fingerprint density at radius 2 is 1.83 bits per heavy atom. The van der Waals surface area contributed by atoms with E-state index in [1.807, 2.05) is 13.8 Å². The van der Waals surface area contributed by atoms with E-state index in [1.165, 1.54) is 19.2 Å². The number of hydrogen-bond acceptors (Lipinski definition) is 8. The number of benzene rings is 1. The van der Waals surface area contributed by atoms with Crippen LogP contribution in [0, 0.1) is 15.5 Å². The number of Topliss-reactive ketones (excluding diaryl/α,β-unsaturated/α-hetero) is 1. The first-order chi connectivity index (χ1) is 17.0. The number of ether oxygens (including phenoxy) is 2. The monoisotopic (exact) mass is 498 g/mol. The van der Waals surface area contributed by atoms with Crippen LogP contribution in [0.1, 0.15) is 83.6 Å². The Kier molecular flexibility index (Phi) is 7.11. The molecule has 4 rings (SSSR count). The van der Waals surface area contributed by atoms with Gasteiger partial charge in [0.15, 0.2) is 11.5 Å². The van der Waals surface area contributed by atoms with E-state index in [-0.39, 0.29) is 35.0 Å². The van der Waals surface area contributed by atoms with Gasteiger partial charge in [-0.15, -0.1) is 0 Å². The molecule has 9 heteroatoms. The zero-order chi connectivity index (χ0) is 26.2. The summed E-state index contributed by atoms with van der Waals surface area (Å²) in [4.78, 5) is 38.2. The van der Waals surface area contributed by atoms with Crippen molar-refractivity contribution in [2.24, 2.45) is 5.41 Å². The van der Waals surface area contributed by atoms with Crippen LogP contribution in [-0.4, -0.2) is 35.0 Å². The lowest BCUT2D eigenvalue weighted by Gasteiger charge is -2.39. The molecule has 0 saturated heterocycles. The summed E-state index contributed by atoms with van der Waals surface area (Å²) in [6.45, 7) is 5.78. The quantitative estimate of drug-likeness (QED) is 0.246. The molecule has 1 aromatic carbocycles. The Hall–Kier alpha value is -3.36. The number of aromatic hydroxyl groups is 1. The zero-order valence-corrected chi connectivity index (χ0v) is 21.3. The van der Waals surface area contributed by atoms with Crippen LogP contribution in [-0.2, 0) is 14.3 Å². The smallest absolute Gasteiger partial charge is 0.337 e. The summed E-state index contributed by atoms with van der Waals surface area (Å²) in [6.07, 6.45) is 6.43. The van der Waals surface area contributed by atoms with Crippen LogP contribution in [0.15, 0.2) is 34.7 Å². The third-order valence-corrected chi connectivity index (χ3v) is 7.36. The highest BCUT2D eigenvalue weighted by Crippen LogP contribution is 2.49. The van der Waals surface area contributed by atoms with Crippen LogP contribution in [0.5, 0.6) is 11.5 Å². The van der Waals surface area contributed by atoms with Gasteiger partial charge in [-0.2, -0.15) is 0 Å². The van der Waals surface area contributed by atoms with Gasteiger partial charge < -0.3 is 19.9 Å². The van der Waals surface area contributed by atoms with E-state index in [4.69, 9.17) is 9.47 Å². The van der Waals surface area contributed by atoms with Crippen molar-refractivity contribution in [2.45, 2.75) is 84.2 Å². The molecule has 9 nitrogen and oxygen atoms in total. The van der Waals surface area contributed by atoms with Crippen molar-refractivity contribution in [3.05, 3.63) is 50.4 Å². The highest BCUT2D eigenvalue weighted by Gasteiger charge is 2.44. The molecular formula is C27H34N2O7. The van der Waals surface area contributed by atoms with E-state index < -0.39 is 28.2 Å². The molecule has 0 radical (unpaired) electrons. The number of methoxy groups -OCH3 is 1. The maximum Gasteiger partial charge on any atom is 0.337 e. The molecule has 2 aliphatic carbocycles. The number of nitrogens with zero attached hydrogens (tertiary/aromatic N) is 1. The van der Waals surface area contributed by atoms with Crippen LogP contribution in [0.4, 0.5) is 5.69 Å². The first-order valence-electron chi connectivity index (χ1n) is 12.5. The number of allylic oxidation sites excluding steroid dienone is 3. The summed E-state index contributed by atoms with van der Waals surface area (Å²) in [5, 5.41) is 25.4. The number of phenols is 1. The van der Waals surface area contributed by atoms with Crippen molar-refractivity contribution < 1.29 is 29.1 Å². The first-order valence-corrected chi connectivity index (χ1v) is 12.5. The number of nitro benzene ring substituents is 1. The highest BCUT2D eigenvalue weighted by molar-refractivity contribution is 6.04. The summed E-state index contributed by atoms with van der Waals surface area (Å²) in [6, 6.07) is 2.68. The molecule has 1 unspecified atom stereocenters. The third-order valence-electron chi connectivity index (χ3n) is 7.36. The number of nitro groups is 1. The average molecular weight is 499 g/mol. The van der Waals surface area contributed by atoms with E-state index >= 15 is 0 Å². The molecule has 0 amide bonds. The van der Waals surface area contributed by atoms with Crippen molar-refractivity contribution in [3.63, 3.8) is 0 Å². The molecule has 2 N–H and O–H groups in total. The van der Waals surface area contributed by atoms with Crippen LogP contribution < -0.4 is 10.1 Å². The fourth-order valence-electron chi connectivity index (χ4n) is 5.69. The van der Waals surface area contributed by atoms with Crippen LogP contribution >= 0.6 is 0 Å². The van der Waals surface area contributed by atoms with Crippen LogP contribution in [0.3, 0.4) is 0 Å². The summed E-state index contributed by atoms with van der Waals surface area (Å²) in [7, 11) is 1.30. The molecule has 1 fully saturated rings. The zero-order valence-electron chi connectivity index (χ0n) is 21.3. The Bertz CT molecular complexity index is 1160. The highest BCUT2D eigenvalue weighted by atomic mass is 16.6. The van der Waals surface area contributed by atoms with Crippen LogP contribution in [0.25, 0.3) is 0 Å². The number of ketones is 1. The Labute approximate surface area is 210 Å². The number of esters is 1. The molecular weight excluding hydrogens is 464 g/mol. The molecule has 1 aliphatic heterocycles. The van der Waals surface area contributed by atoms with E-state index in [2.05, 4.69) is 5.32 Å². The predicted molar refractivity (Wildman–Crippen MR) is 133 cm³/mol. The number of rotatable bonds is 5. The van der Waals surface area contributed by atoms with E-state index in [1.54, 1.807) is 6.92 Å². The van der Waals surface area contributed by atoms with E-state index in [0.717, 1.165) is 38.5 Å². The molecule has 1 aromatic rings. The number of carbonyl (C=O) groups excluding carboxylic acids is 2. The SMILES string of the molecule is COc1cc(C2C(C(=O)OC3CCCCCC3)=C(C)NC3=C2C(=O)CC(C)(C)C3)cc([N+](=O)[O-])c1O. The topological polar surface area (TPSA) is 128 Å². The second kappa shape index (κ2) is 9.95. The van der Waals surface area contributed by atoms with Gasteiger partial charge in [0, 0.05) is 35.4 Å². The second-order valence-corrected chi connectivity index (χ2v) is 10.8. The number of nitrogens with one attached hydrogen (secondary N) is 1. The minimum atomic E-state index is -0.878. The summed E-state index contributed by atoms with van der Waals surface area (Å²) in [5.41, 5.74) is 1.43. The predicted octanol–water partition coefficient (Wildman–Crippen LogP) is 5.18. The lowest BCUT2D eigenvalue weighted by Crippen LogP contribution is -2.39. The minimum absolute atomic E-state index is 0.0994. The molecule has 1 heterocycles. The third kappa shape index (κ3) is 4.96. The van der Waals surface area contributed by atoms with Crippen molar-refractivity contribution in [1.29, 1.82) is 0 Å². The van der Waals surface area contributed by atoms with E-state index in [0.29, 0.717) is 29.0 Å². The van der Waals surface area contributed by atoms with Crippen molar-refractivity contribution in [1.82, 2.24) is 5.32 Å². The molecule has 3 aliphatic rings. The Balaban J connectivity index is 1.85. The summed E-state index contributed by atoms with van der Waals surface area (Å²) in [5.74, 6) is -2.24. The van der Waals surface area contributed by atoms with Gasteiger partial charge in [-0.05, 0) is 56.1 Å². The fourth-order valence-corrected chi connectivity index (χ4v) is 5.69. The lowest BCUT2D eigenvalue weighted by molar-refractivity contribution is -0.386. The number of hydrogen-bond donors (Lipinski definition) is 2. The number of carbonyl (C=O) groups is 2. The molecule has 0 bridgehead atoms. The molecule has 0 aromatic heterocycles. The maximum absolute atomic E-state index is 13.7. The minimum Gasteiger partial charge on any atom is -0.500 e. The molecule has 194 valence electrons. The molecule has 1 saturated carbocycles. The molecule has 1 atom stereocenters. The summed E-state index contributed by atoms with van der Waals surface area (Å²) < 4.78 is 11.2. The largest absolute Gasteiger partial charge is 0.500 e. The average Bonchev–Trinajstić information content (AvgIpc) is 3.05. The van der Waals surface area contributed by atoms with Crippen LogP contribution in [0.2, 0.25) is 0 Å². The van der Waals surface area contributed by atoms with Gasteiger partial charge in [0.1, 0.15) is 6.10 Å². The number of dihydropyridines is 1. The lowest BCUT2D eigenvalue weighted by atomic mass is 9.68. The Morgan fingerprint density at radius 3 is 2.44 bits per heavy atom. The summed E-state index contributed by atoms with van der Waals surface area (Å²) >= 11 is 0. The molecule has 36 heavy (non-hydrogen) atoms. The maximum atomic E-state index is 13.7. The van der Waals surface area contributed by atoms with Gasteiger partial charge in [0.2, 0.25) is 5.75 Å². The van der Waals surface area contributed by atoms with Gasteiger partial charge in [-0.1, -0.05) is 26.7 Å². The molecule has 0 spiro atoms. The van der Waals surface area contributed by atoms with Gasteiger partial charge >= 0.3 is 11.7 Å². The van der Waals surface area contributed by atoms with E-state index in [9.17, 15) is 24.8 Å². The second-order valence-electron chi connectivity index (χ2n) is 10.8. The van der Waals surface area contributed by atoms with Gasteiger partial charge in [0.25, 0.3) is 0 Å².